The third kappa shape index (κ3) is 3.37. The van der Waals surface area contributed by atoms with Gasteiger partial charge in [0.05, 0.1) is 18.3 Å². The molecule has 1 saturated heterocycles. The van der Waals surface area contributed by atoms with Crippen LogP contribution in [0.4, 0.5) is 0 Å². The Balaban J connectivity index is 2.05. The number of carbonyl (C=O) groups is 2. The van der Waals surface area contributed by atoms with Crippen LogP contribution in [-0.4, -0.2) is 34.8 Å². The summed E-state index contributed by atoms with van der Waals surface area (Å²) >= 11 is 6.22. The van der Waals surface area contributed by atoms with E-state index in [-0.39, 0.29) is 12.5 Å². The van der Waals surface area contributed by atoms with E-state index in [0.717, 1.165) is 11.8 Å². The van der Waals surface area contributed by atoms with Gasteiger partial charge in [0.1, 0.15) is 16.6 Å². The lowest BCUT2D eigenvalue weighted by atomic mass is 10.3. The van der Waals surface area contributed by atoms with E-state index in [2.05, 4.69) is 4.74 Å². The molecule has 7 heteroatoms. The number of nitrogens with zero attached hydrogens (tertiary/aromatic N) is 1. The second kappa shape index (κ2) is 6.53. The Labute approximate surface area is 125 Å². The van der Waals surface area contributed by atoms with Crippen molar-refractivity contribution in [3.8, 4) is 0 Å². The summed E-state index contributed by atoms with van der Waals surface area (Å²) in [4.78, 5) is 24.9. The van der Waals surface area contributed by atoms with Crippen molar-refractivity contribution in [2.45, 2.75) is 0 Å². The Morgan fingerprint density at radius 2 is 2.40 bits per heavy atom. The molecule has 104 valence electrons. The molecule has 1 amide bonds. The number of ether oxygens (including phenoxy) is 1. The molecule has 5 nitrogen and oxygen atoms in total. The lowest BCUT2D eigenvalue weighted by Crippen LogP contribution is -2.33. The maximum absolute atomic E-state index is 12.0. The average Bonchev–Trinajstić information content (AvgIpc) is 3.03. The highest BCUT2D eigenvalue weighted by Gasteiger charge is 2.33. The van der Waals surface area contributed by atoms with Crippen molar-refractivity contribution in [3.63, 3.8) is 0 Å². The smallest absolute Gasteiger partial charge is 0.325 e. The molecule has 1 aliphatic rings. The average molecular weight is 309 g/mol. The summed E-state index contributed by atoms with van der Waals surface area (Å²) in [7, 11) is 1.27. The maximum Gasteiger partial charge on any atom is 0.325 e. The van der Waals surface area contributed by atoms with Gasteiger partial charge >= 0.3 is 5.97 Å². The fourth-order valence-corrected chi connectivity index (χ4v) is 2.67. The molecule has 0 saturated carbocycles. The van der Waals surface area contributed by atoms with Crippen molar-refractivity contribution in [2.24, 2.45) is 0 Å². The predicted octanol–water partition coefficient (Wildman–Crippen LogP) is 2.21. The van der Waals surface area contributed by atoms with E-state index in [4.69, 9.17) is 16.6 Å². The Morgan fingerprint density at radius 1 is 1.60 bits per heavy atom. The minimum Gasteiger partial charge on any atom is -0.468 e. The van der Waals surface area contributed by atoms with Crippen LogP contribution < -0.4 is 0 Å². The highest BCUT2D eigenvalue weighted by molar-refractivity contribution is 8.26. The van der Waals surface area contributed by atoms with Crippen molar-refractivity contribution in [3.05, 3.63) is 41.2 Å². The fourth-order valence-electron chi connectivity index (χ4n) is 1.46. The van der Waals surface area contributed by atoms with Crippen molar-refractivity contribution in [2.75, 3.05) is 13.7 Å². The number of hydrogen-bond acceptors (Lipinski definition) is 6. The van der Waals surface area contributed by atoms with Crippen LogP contribution in [0.2, 0.25) is 0 Å². The highest BCUT2D eigenvalue weighted by Crippen LogP contribution is 2.30. The lowest BCUT2D eigenvalue weighted by molar-refractivity contribution is -0.143. The molecule has 20 heavy (non-hydrogen) atoms. The molecule has 1 aromatic heterocycles. The van der Waals surface area contributed by atoms with Gasteiger partial charge in [0.25, 0.3) is 5.91 Å². The first-order valence-corrected chi connectivity index (χ1v) is 6.86. The van der Waals surface area contributed by atoms with Gasteiger partial charge in [-0.15, -0.1) is 0 Å². The molecule has 0 aromatic carbocycles. The Bertz CT molecular complexity index is 590. The van der Waals surface area contributed by atoms with Gasteiger partial charge in [-0.25, -0.2) is 0 Å². The molecular weight excluding hydrogens is 298 g/mol. The van der Waals surface area contributed by atoms with E-state index < -0.39 is 5.97 Å². The van der Waals surface area contributed by atoms with Crippen LogP contribution in [0.1, 0.15) is 5.76 Å². The Hall–Kier alpha value is -1.86. The largest absolute Gasteiger partial charge is 0.468 e. The van der Waals surface area contributed by atoms with Crippen molar-refractivity contribution < 1.29 is 18.7 Å². The van der Waals surface area contributed by atoms with E-state index in [1.54, 1.807) is 36.6 Å². The molecule has 0 aliphatic carbocycles. The number of amides is 1. The van der Waals surface area contributed by atoms with E-state index in [1.165, 1.54) is 12.0 Å². The zero-order valence-corrected chi connectivity index (χ0v) is 12.2. The van der Waals surface area contributed by atoms with Gasteiger partial charge in [-0.2, -0.15) is 0 Å². The molecule has 0 spiro atoms. The Kier molecular flexibility index (Phi) is 4.75. The molecule has 2 rings (SSSR count). The highest BCUT2D eigenvalue weighted by atomic mass is 32.2. The third-order valence-corrected chi connectivity index (χ3v) is 3.84. The van der Waals surface area contributed by atoms with Gasteiger partial charge < -0.3 is 9.15 Å². The first-order valence-electron chi connectivity index (χ1n) is 5.64. The number of furan rings is 1. The number of esters is 1. The van der Waals surface area contributed by atoms with Gasteiger partial charge in [0.2, 0.25) is 0 Å². The molecule has 2 heterocycles. The van der Waals surface area contributed by atoms with E-state index in [1.807, 2.05) is 0 Å². The van der Waals surface area contributed by atoms with Crippen LogP contribution in [0.15, 0.2) is 39.9 Å². The molecule has 1 aliphatic heterocycles. The first kappa shape index (κ1) is 14.5. The summed E-state index contributed by atoms with van der Waals surface area (Å²) in [5.74, 6) is -0.116. The topological polar surface area (TPSA) is 59.8 Å². The van der Waals surface area contributed by atoms with Crippen LogP contribution in [-0.2, 0) is 14.3 Å². The number of allylic oxidation sites excluding steroid dienone is 2. The minimum atomic E-state index is -0.506. The molecular formula is C13H11NO4S2. The van der Waals surface area contributed by atoms with Gasteiger partial charge in [-0.3, -0.25) is 14.5 Å². The molecule has 0 radical (unpaired) electrons. The summed E-state index contributed by atoms with van der Waals surface area (Å²) in [6.45, 7) is -0.166. The molecule has 1 fully saturated rings. The number of thiocarbonyl (C=S) groups is 1. The van der Waals surface area contributed by atoms with E-state index >= 15 is 0 Å². The van der Waals surface area contributed by atoms with Gasteiger partial charge in [-0.05, 0) is 24.3 Å². The number of hydrogen-bond donors (Lipinski definition) is 0. The van der Waals surface area contributed by atoms with Crippen LogP contribution in [0.5, 0.6) is 0 Å². The first-order chi connectivity index (χ1) is 9.61. The number of thioether (sulfide) groups is 1. The molecule has 0 N–H and O–H groups in total. The van der Waals surface area contributed by atoms with Crippen LogP contribution in [0.3, 0.4) is 0 Å². The van der Waals surface area contributed by atoms with E-state index in [0.29, 0.717) is 15.0 Å². The predicted molar refractivity (Wildman–Crippen MR) is 79.7 cm³/mol. The summed E-state index contributed by atoms with van der Waals surface area (Å²) < 4.78 is 10.0. The van der Waals surface area contributed by atoms with Crippen molar-refractivity contribution >= 4 is 46.3 Å². The van der Waals surface area contributed by atoms with Gasteiger partial charge in [0, 0.05) is 0 Å². The van der Waals surface area contributed by atoms with Crippen LogP contribution >= 0.6 is 24.0 Å². The molecule has 1 aromatic rings. The lowest BCUT2D eigenvalue weighted by Gasteiger charge is -2.11. The zero-order chi connectivity index (χ0) is 14.5. The normalized spacial score (nSPS) is 17.4. The number of carbonyl (C=O) groups excluding carboxylic acids is 2. The molecule has 0 bridgehead atoms. The van der Waals surface area contributed by atoms with E-state index in [9.17, 15) is 9.59 Å². The van der Waals surface area contributed by atoms with Gasteiger partial charge in [-0.1, -0.05) is 30.1 Å². The van der Waals surface area contributed by atoms with Crippen LogP contribution in [0.25, 0.3) is 6.08 Å². The summed E-state index contributed by atoms with van der Waals surface area (Å²) in [5, 5.41) is 0. The second-order valence-corrected chi connectivity index (χ2v) is 5.42. The monoisotopic (exact) mass is 309 g/mol. The Morgan fingerprint density at radius 3 is 3.05 bits per heavy atom. The molecule has 0 atom stereocenters. The quantitative estimate of drug-likeness (QED) is 0.483. The van der Waals surface area contributed by atoms with Crippen molar-refractivity contribution in [1.29, 1.82) is 0 Å². The van der Waals surface area contributed by atoms with Gasteiger partial charge in [0.15, 0.2) is 0 Å². The molecule has 0 unspecified atom stereocenters. The standard InChI is InChI=1S/C13H11NO4S2/c1-17-11(15)8-14-12(16)10(20-13(14)19)6-2-4-9-5-3-7-18-9/h2-7H,8H2,1H3/b4-2+,10-6-. The fraction of sp³-hybridized carbons (Fsp3) is 0.154. The third-order valence-electron chi connectivity index (χ3n) is 2.44. The summed E-state index contributed by atoms with van der Waals surface area (Å²) in [6.07, 6.45) is 6.63. The SMILES string of the molecule is COC(=O)CN1C(=O)/C(=C/C=C/c2ccco2)SC1=S. The number of methoxy groups -OCH3 is 1. The maximum atomic E-state index is 12.0. The summed E-state index contributed by atoms with van der Waals surface area (Å²) in [5.41, 5.74) is 0. The number of rotatable bonds is 4. The minimum absolute atomic E-state index is 0.166. The second-order valence-electron chi connectivity index (χ2n) is 3.74. The summed E-state index contributed by atoms with van der Waals surface area (Å²) in [6, 6.07) is 3.57. The van der Waals surface area contributed by atoms with Crippen LogP contribution in [0, 0.1) is 0 Å². The van der Waals surface area contributed by atoms with Crippen molar-refractivity contribution in [1.82, 2.24) is 4.90 Å². The zero-order valence-electron chi connectivity index (χ0n) is 10.6.